The van der Waals surface area contributed by atoms with E-state index < -0.39 is 22.1 Å². The van der Waals surface area contributed by atoms with E-state index in [1.165, 1.54) is 4.31 Å². The maximum Gasteiger partial charge on any atom is 0.303 e. The van der Waals surface area contributed by atoms with Crippen molar-refractivity contribution in [1.82, 2.24) is 4.31 Å². The van der Waals surface area contributed by atoms with Gasteiger partial charge in [-0.2, -0.15) is 4.31 Å². The number of nitrogens with zero attached hydrogens (tertiary/aromatic N) is 1. The van der Waals surface area contributed by atoms with Crippen LogP contribution in [0.1, 0.15) is 51.9 Å². The number of sulfonamides is 1. The van der Waals surface area contributed by atoms with Gasteiger partial charge in [-0.1, -0.05) is 50.5 Å². The number of allylic oxidation sites excluding steroid dienone is 1. The molecule has 0 aliphatic heterocycles. The Morgan fingerprint density at radius 2 is 1.79 bits per heavy atom. The second-order valence-electron chi connectivity index (χ2n) is 5.83. The quantitative estimate of drug-likeness (QED) is 0.366. The van der Waals surface area contributed by atoms with Gasteiger partial charge in [0.25, 0.3) is 0 Å². The molecule has 1 atom stereocenters. The van der Waals surface area contributed by atoms with Gasteiger partial charge in [-0.15, -0.1) is 0 Å². The lowest BCUT2D eigenvalue weighted by atomic mass is 10.1. The van der Waals surface area contributed by atoms with E-state index in [9.17, 15) is 18.3 Å². The largest absolute Gasteiger partial charge is 0.481 e. The van der Waals surface area contributed by atoms with E-state index in [1.807, 2.05) is 0 Å². The topological polar surface area (TPSA) is 94.9 Å². The Bertz CT molecular complexity index is 499. The van der Waals surface area contributed by atoms with Gasteiger partial charge in [-0.25, -0.2) is 8.42 Å². The molecule has 6 nitrogen and oxygen atoms in total. The van der Waals surface area contributed by atoms with Gasteiger partial charge in [-0.3, -0.25) is 4.79 Å². The zero-order valence-corrected chi connectivity index (χ0v) is 15.5. The van der Waals surface area contributed by atoms with Crippen molar-refractivity contribution in [2.24, 2.45) is 0 Å². The minimum Gasteiger partial charge on any atom is -0.481 e. The minimum atomic E-state index is -3.33. The van der Waals surface area contributed by atoms with E-state index >= 15 is 0 Å². The van der Waals surface area contributed by atoms with Crippen LogP contribution in [0, 0.1) is 0 Å². The standard InChI is InChI=1S/C17H31NO5S/c1-3-4-7-11-16(19)12-10-15-18(24(2,22)23)14-9-6-5-8-13-17(20)21/h6,9-10,12,16,19H,3-5,7-8,11,13-15H2,1-2H3,(H,20,21)/b9-6+,12-10-/t16-/m1/s1. The first-order valence-electron chi connectivity index (χ1n) is 8.44. The number of carbonyl (C=O) groups is 1. The van der Waals surface area contributed by atoms with Gasteiger partial charge in [0, 0.05) is 19.5 Å². The smallest absolute Gasteiger partial charge is 0.303 e. The number of aliphatic hydroxyl groups is 1. The Hall–Kier alpha value is -1.18. The molecule has 0 heterocycles. The summed E-state index contributed by atoms with van der Waals surface area (Å²) < 4.78 is 24.8. The molecule has 0 aromatic heterocycles. The fourth-order valence-electron chi connectivity index (χ4n) is 2.06. The fraction of sp³-hybridized carbons (Fsp3) is 0.706. The number of carboxylic acid groups (broad SMARTS) is 1. The Kier molecular flexibility index (Phi) is 12.5. The molecule has 0 aromatic rings. The molecule has 7 heteroatoms. The summed E-state index contributed by atoms with van der Waals surface area (Å²) in [6.45, 7) is 2.55. The SMILES string of the molecule is CCCCC[C@@H](O)/C=C\CN(C/C=C/CCCC(=O)O)S(C)(=O)=O. The van der Waals surface area contributed by atoms with E-state index in [2.05, 4.69) is 6.92 Å². The van der Waals surface area contributed by atoms with Crippen LogP contribution in [0.15, 0.2) is 24.3 Å². The lowest BCUT2D eigenvalue weighted by molar-refractivity contribution is -0.137. The highest BCUT2D eigenvalue weighted by Crippen LogP contribution is 2.05. The van der Waals surface area contributed by atoms with Crippen LogP contribution in [0.3, 0.4) is 0 Å². The predicted octanol–water partition coefficient (Wildman–Crippen LogP) is 2.56. The molecule has 24 heavy (non-hydrogen) atoms. The molecule has 0 spiro atoms. The Morgan fingerprint density at radius 1 is 1.12 bits per heavy atom. The van der Waals surface area contributed by atoms with Crippen molar-refractivity contribution in [1.29, 1.82) is 0 Å². The Balaban J connectivity index is 4.28. The van der Waals surface area contributed by atoms with Gasteiger partial charge in [0.1, 0.15) is 0 Å². The number of hydrogen-bond donors (Lipinski definition) is 2. The first kappa shape index (κ1) is 22.8. The summed E-state index contributed by atoms with van der Waals surface area (Å²) in [7, 11) is -3.33. The molecular formula is C17H31NO5S. The molecule has 0 radical (unpaired) electrons. The maximum absolute atomic E-state index is 11.7. The van der Waals surface area contributed by atoms with Crippen molar-refractivity contribution in [3.63, 3.8) is 0 Å². The highest BCUT2D eigenvalue weighted by molar-refractivity contribution is 7.88. The predicted molar refractivity (Wildman–Crippen MR) is 96.3 cm³/mol. The summed E-state index contributed by atoms with van der Waals surface area (Å²) in [5.74, 6) is -0.830. The third kappa shape index (κ3) is 13.3. The van der Waals surface area contributed by atoms with E-state index in [0.29, 0.717) is 19.3 Å². The summed E-state index contributed by atoms with van der Waals surface area (Å²) in [4.78, 5) is 10.4. The minimum absolute atomic E-state index is 0.110. The lowest BCUT2D eigenvalue weighted by Crippen LogP contribution is -2.30. The number of unbranched alkanes of at least 4 members (excludes halogenated alkanes) is 3. The monoisotopic (exact) mass is 361 g/mol. The van der Waals surface area contributed by atoms with E-state index in [0.717, 1.165) is 25.5 Å². The molecule has 0 saturated carbocycles. The highest BCUT2D eigenvalue weighted by atomic mass is 32.2. The molecule has 0 aromatic carbocycles. The number of hydrogen-bond acceptors (Lipinski definition) is 4. The summed E-state index contributed by atoms with van der Waals surface area (Å²) >= 11 is 0. The van der Waals surface area contributed by atoms with Crippen LogP contribution < -0.4 is 0 Å². The normalized spacial score (nSPS) is 14.0. The van der Waals surface area contributed by atoms with Gasteiger partial charge in [-0.05, 0) is 19.3 Å². The molecule has 0 aliphatic carbocycles. The van der Waals surface area contributed by atoms with Gasteiger partial charge < -0.3 is 10.2 Å². The lowest BCUT2D eigenvalue weighted by Gasteiger charge is -2.16. The van der Waals surface area contributed by atoms with Crippen LogP contribution in [0.4, 0.5) is 0 Å². The number of aliphatic carboxylic acids is 1. The summed E-state index contributed by atoms with van der Waals surface area (Å²) in [5.41, 5.74) is 0. The van der Waals surface area contributed by atoms with Crippen molar-refractivity contribution < 1.29 is 23.4 Å². The average Bonchev–Trinajstić information content (AvgIpc) is 2.47. The molecule has 2 N–H and O–H groups in total. The molecule has 0 aliphatic rings. The first-order valence-corrected chi connectivity index (χ1v) is 10.3. The Labute approximate surface area is 145 Å². The van der Waals surface area contributed by atoms with Crippen molar-refractivity contribution in [3.05, 3.63) is 24.3 Å². The van der Waals surface area contributed by atoms with Gasteiger partial charge in [0.05, 0.1) is 12.4 Å². The molecule has 0 unspecified atom stereocenters. The van der Waals surface area contributed by atoms with Gasteiger partial charge >= 0.3 is 5.97 Å². The van der Waals surface area contributed by atoms with Crippen LogP contribution in [0.25, 0.3) is 0 Å². The summed E-state index contributed by atoms with van der Waals surface area (Å²) in [6, 6.07) is 0. The van der Waals surface area contributed by atoms with E-state index in [4.69, 9.17) is 5.11 Å². The highest BCUT2D eigenvalue weighted by Gasteiger charge is 2.13. The molecule has 0 rings (SSSR count). The molecule has 0 bridgehead atoms. The zero-order valence-electron chi connectivity index (χ0n) is 14.7. The van der Waals surface area contributed by atoms with Gasteiger partial charge in [0.15, 0.2) is 0 Å². The third-order valence-corrected chi connectivity index (χ3v) is 4.71. The first-order chi connectivity index (χ1) is 11.3. The van der Waals surface area contributed by atoms with Crippen LogP contribution in [0.5, 0.6) is 0 Å². The van der Waals surface area contributed by atoms with E-state index in [-0.39, 0.29) is 19.5 Å². The van der Waals surface area contributed by atoms with Crippen LogP contribution >= 0.6 is 0 Å². The van der Waals surface area contributed by atoms with Crippen molar-refractivity contribution in [2.45, 2.75) is 58.0 Å². The summed E-state index contributed by atoms with van der Waals surface area (Å²) in [5, 5.41) is 18.3. The second-order valence-corrected chi connectivity index (χ2v) is 7.81. The average molecular weight is 362 g/mol. The van der Waals surface area contributed by atoms with Gasteiger partial charge in [0.2, 0.25) is 10.0 Å². The van der Waals surface area contributed by atoms with Crippen molar-refractivity contribution in [3.8, 4) is 0 Å². The van der Waals surface area contributed by atoms with E-state index in [1.54, 1.807) is 24.3 Å². The second kappa shape index (κ2) is 13.1. The number of aliphatic hydroxyl groups excluding tert-OH is 1. The summed E-state index contributed by atoms with van der Waals surface area (Å²) in [6.07, 6.45) is 12.5. The molecule has 140 valence electrons. The van der Waals surface area contributed by atoms with Crippen LogP contribution in [-0.2, 0) is 14.8 Å². The van der Waals surface area contributed by atoms with Crippen LogP contribution in [0.2, 0.25) is 0 Å². The Morgan fingerprint density at radius 3 is 2.38 bits per heavy atom. The molecular weight excluding hydrogens is 330 g/mol. The molecule has 0 amide bonds. The molecule has 0 saturated heterocycles. The third-order valence-electron chi connectivity index (χ3n) is 3.48. The molecule has 0 fully saturated rings. The number of carboxylic acids is 1. The van der Waals surface area contributed by atoms with Crippen LogP contribution in [-0.4, -0.2) is 54.4 Å². The number of rotatable bonds is 14. The van der Waals surface area contributed by atoms with Crippen molar-refractivity contribution in [2.75, 3.05) is 19.3 Å². The van der Waals surface area contributed by atoms with Crippen molar-refractivity contribution >= 4 is 16.0 Å². The zero-order chi connectivity index (χ0) is 18.4. The fourth-order valence-corrected chi connectivity index (χ4v) is 2.78. The maximum atomic E-state index is 11.7.